The molecule has 1 aliphatic carbocycles. The van der Waals surface area contributed by atoms with Crippen LogP contribution in [0.2, 0.25) is 0 Å². The van der Waals surface area contributed by atoms with Gasteiger partial charge in [-0.15, -0.1) is 0 Å². The molecule has 23 heavy (non-hydrogen) atoms. The molecule has 5 heteroatoms. The molecule has 0 saturated heterocycles. The van der Waals surface area contributed by atoms with Crippen LogP contribution in [-0.2, 0) is 11.2 Å². The van der Waals surface area contributed by atoms with Gasteiger partial charge in [-0.3, -0.25) is 0 Å². The third-order valence-corrected chi connectivity index (χ3v) is 4.43. The summed E-state index contributed by atoms with van der Waals surface area (Å²) in [6.07, 6.45) is 2.96. The molecule has 0 spiro atoms. The molecule has 0 amide bonds. The van der Waals surface area contributed by atoms with E-state index >= 15 is 0 Å². The normalized spacial score (nSPS) is 13.8. The van der Waals surface area contributed by atoms with Crippen molar-refractivity contribution in [3.05, 3.63) is 52.4 Å². The molecule has 0 atom stereocenters. The van der Waals surface area contributed by atoms with Crippen molar-refractivity contribution in [1.29, 1.82) is 0 Å². The van der Waals surface area contributed by atoms with Crippen molar-refractivity contribution in [3.63, 3.8) is 0 Å². The van der Waals surface area contributed by atoms with Crippen LogP contribution in [0.15, 0.2) is 28.8 Å². The zero-order valence-electron chi connectivity index (χ0n) is 13.3. The Morgan fingerprint density at radius 3 is 2.74 bits per heavy atom. The van der Waals surface area contributed by atoms with Crippen LogP contribution in [0.4, 0.5) is 0 Å². The van der Waals surface area contributed by atoms with Crippen molar-refractivity contribution < 1.29 is 14.1 Å². The Balaban J connectivity index is 2.08. The maximum Gasteiger partial charge on any atom is 0.361 e. The zero-order chi connectivity index (χ0) is 16.4. The molecule has 0 N–H and O–H groups in total. The van der Waals surface area contributed by atoms with E-state index in [9.17, 15) is 4.79 Å². The van der Waals surface area contributed by atoms with Crippen LogP contribution in [0.25, 0.3) is 0 Å². The minimum atomic E-state index is -0.477. The Labute approximate surface area is 140 Å². The molecule has 2 aromatic rings. The number of aryl methyl sites for hydroxylation is 1. The summed E-state index contributed by atoms with van der Waals surface area (Å²) in [4.78, 5) is 12.8. The first-order valence-electron chi connectivity index (χ1n) is 7.96. The lowest BCUT2D eigenvalue weighted by Crippen LogP contribution is -2.13. The molecule has 1 aliphatic rings. The fourth-order valence-electron chi connectivity index (χ4n) is 2.67. The summed E-state index contributed by atoms with van der Waals surface area (Å²) in [6.45, 7) is 4.15. The maximum atomic E-state index is 12.2. The quantitative estimate of drug-likeness (QED) is 0.454. The topological polar surface area (TPSA) is 52.3 Å². The molecule has 1 fully saturated rings. The van der Waals surface area contributed by atoms with Crippen LogP contribution in [0.3, 0.4) is 0 Å². The van der Waals surface area contributed by atoms with Gasteiger partial charge in [0.05, 0.1) is 17.0 Å². The van der Waals surface area contributed by atoms with Gasteiger partial charge in [-0.05, 0) is 37.3 Å². The van der Waals surface area contributed by atoms with E-state index in [1.807, 2.05) is 18.2 Å². The standard InChI is InChI=1S/C18H19NO3S/c1-3-11-7-5-6-8-13(11)17(23)14-15(18(20)21-4-2)19-22-16(14)12-9-10-12/h5-8,12H,3-4,9-10H2,1-2H3. The predicted molar refractivity (Wildman–Crippen MR) is 91.1 cm³/mol. The van der Waals surface area contributed by atoms with Crippen molar-refractivity contribution in [2.75, 3.05) is 6.61 Å². The number of hydrogen-bond acceptors (Lipinski definition) is 5. The van der Waals surface area contributed by atoms with Crippen LogP contribution in [0.5, 0.6) is 0 Å². The van der Waals surface area contributed by atoms with Crippen LogP contribution in [0, 0.1) is 0 Å². The molecule has 0 bridgehead atoms. The SMILES string of the molecule is CCOC(=O)c1noc(C2CC2)c1C(=S)c1ccccc1CC. The smallest absolute Gasteiger partial charge is 0.361 e. The predicted octanol–water partition coefficient (Wildman–Crippen LogP) is 4.06. The van der Waals surface area contributed by atoms with Crippen LogP contribution >= 0.6 is 12.2 Å². The largest absolute Gasteiger partial charge is 0.461 e. The number of carbonyl (C=O) groups is 1. The van der Waals surface area contributed by atoms with Gasteiger partial charge in [-0.2, -0.15) is 0 Å². The first kappa shape index (κ1) is 15.9. The maximum absolute atomic E-state index is 12.2. The monoisotopic (exact) mass is 329 g/mol. The third kappa shape index (κ3) is 3.06. The Kier molecular flexibility index (Phi) is 4.57. The molecule has 1 heterocycles. The van der Waals surface area contributed by atoms with Crippen molar-refractivity contribution >= 4 is 23.1 Å². The number of benzene rings is 1. The highest BCUT2D eigenvalue weighted by Gasteiger charge is 2.36. The van der Waals surface area contributed by atoms with E-state index in [1.54, 1.807) is 6.92 Å². The number of hydrogen-bond donors (Lipinski definition) is 0. The molecule has 3 rings (SSSR count). The van der Waals surface area contributed by atoms with E-state index in [4.69, 9.17) is 21.5 Å². The van der Waals surface area contributed by atoms with E-state index < -0.39 is 5.97 Å². The number of nitrogens with zero attached hydrogens (tertiary/aromatic N) is 1. The number of rotatable bonds is 6. The summed E-state index contributed by atoms with van der Waals surface area (Å²) in [7, 11) is 0. The van der Waals surface area contributed by atoms with Crippen LogP contribution in [-0.4, -0.2) is 22.6 Å². The lowest BCUT2D eigenvalue weighted by atomic mass is 9.96. The Morgan fingerprint density at radius 1 is 1.35 bits per heavy atom. The minimum Gasteiger partial charge on any atom is -0.461 e. The van der Waals surface area contributed by atoms with Crippen molar-refractivity contribution in [2.24, 2.45) is 0 Å². The van der Waals surface area contributed by atoms with Gasteiger partial charge in [0.1, 0.15) is 5.76 Å². The average Bonchev–Trinajstić information content (AvgIpc) is 3.32. The van der Waals surface area contributed by atoms with E-state index in [2.05, 4.69) is 18.1 Å². The molecule has 1 aromatic heterocycles. The molecule has 120 valence electrons. The molecule has 0 unspecified atom stereocenters. The second kappa shape index (κ2) is 6.62. The van der Waals surface area contributed by atoms with E-state index in [1.165, 1.54) is 0 Å². The summed E-state index contributed by atoms with van der Waals surface area (Å²) in [5.74, 6) is 0.561. The first-order valence-corrected chi connectivity index (χ1v) is 8.37. The number of carbonyl (C=O) groups excluding carboxylic acids is 1. The van der Waals surface area contributed by atoms with Gasteiger partial charge >= 0.3 is 5.97 Å². The molecular weight excluding hydrogens is 310 g/mol. The van der Waals surface area contributed by atoms with Gasteiger partial charge in [0.15, 0.2) is 5.69 Å². The fraction of sp³-hybridized carbons (Fsp3) is 0.389. The number of ether oxygens (including phenoxy) is 1. The lowest BCUT2D eigenvalue weighted by molar-refractivity contribution is 0.0514. The second-order valence-electron chi connectivity index (χ2n) is 5.61. The zero-order valence-corrected chi connectivity index (χ0v) is 14.1. The molecule has 1 aromatic carbocycles. The summed E-state index contributed by atoms with van der Waals surface area (Å²) >= 11 is 5.71. The fourth-order valence-corrected chi connectivity index (χ4v) is 3.07. The number of esters is 1. The van der Waals surface area contributed by atoms with E-state index in [0.29, 0.717) is 23.0 Å². The molecule has 4 nitrogen and oxygen atoms in total. The molecule has 1 saturated carbocycles. The Bertz CT molecular complexity index is 746. The summed E-state index contributed by atoms with van der Waals surface area (Å²) in [6, 6.07) is 7.98. The lowest BCUT2D eigenvalue weighted by Gasteiger charge is -2.10. The first-order chi connectivity index (χ1) is 11.2. The molecular formula is C18H19NO3S. The summed E-state index contributed by atoms with van der Waals surface area (Å²) in [5.41, 5.74) is 2.95. The van der Waals surface area contributed by atoms with Gasteiger partial charge in [-0.25, -0.2) is 4.79 Å². The second-order valence-corrected chi connectivity index (χ2v) is 6.01. The Hall–Kier alpha value is -2.01. The third-order valence-electron chi connectivity index (χ3n) is 4.01. The van der Waals surface area contributed by atoms with Gasteiger partial charge in [0.25, 0.3) is 0 Å². The average molecular weight is 329 g/mol. The summed E-state index contributed by atoms with van der Waals surface area (Å²) < 4.78 is 10.6. The van der Waals surface area contributed by atoms with Crippen LogP contribution in [0.1, 0.15) is 65.5 Å². The molecule has 0 aliphatic heterocycles. The number of thiocarbonyl (C=S) groups is 1. The van der Waals surface area contributed by atoms with Gasteiger partial charge in [-0.1, -0.05) is 48.6 Å². The highest BCUT2D eigenvalue weighted by Crippen LogP contribution is 2.43. The minimum absolute atomic E-state index is 0.199. The Morgan fingerprint density at radius 2 is 2.09 bits per heavy atom. The number of aromatic nitrogens is 1. The van der Waals surface area contributed by atoms with Gasteiger partial charge < -0.3 is 9.26 Å². The van der Waals surface area contributed by atoms with Gasteiger partial charge in [0.2, 0.25) is 0 Å². The molecule has 0 radical (unpaired) electrons. The highest BCUT2D eigenvalue weighted by molar-refractivity contribution is 7.81. The van der Waals surface area contributed by atoms with E-state index in [0.717, 1.165) is 36.1 Å². The van der Waals surface area contributed by atoms with Crippen molar-refractivity contribution in [3.8, 4) is 0 Å². The van der Waals surface area contributed by atoms with Gasteiger partial charge in [0, 0.05) is 5.92 Å². The highest BCUT2D eigenvalue weighted by atomic mass is 32.1. The summed E-state index contributed by atoms with van der Waals surface area (Å²) in [5, 5.41) is 3.96. The van der Waals surface area contributed by atoms with Crippen molar-refractivity contribution in [2.45, 2.75) is 39.0 Å². The van der Waals surface area contributed by atoms with E-state index in [-0.39, 0.29) is 5.69 Å². The van der Waals surface area contributed by atoms with Crippen molar-refractivity contribution in [1.82, 2.24) is 5.16 Å². The van der Waals surface area contributed by atoms with Crippen LogP contribution < -0.4 is 0 Å².